The molecule has 2 rings (SSSR count). The van der Waals surface area contributed by atoms with Crippen LogP contribution >= 0.6 is 15.9 Å². The van der Waals surface area contributed by atoms with Crippen LogP contribution in [0, 0.1) is 0 Å². The van der Waals surface area contributed by atoms with Gasteiger partial charge < -0.3 is 15.0 Å². The number of hydrogen-bond donors (Lipinski definition) is 1. The molecule has 1 N–H and O–H groups in total. The van der Waals surface area contributed by atoms with E-state index < -0.39 is 0 Å². The van der Waals surface area contributed by atoms with E-state index in [0.717, 1.165) is 23.1 Å². The van der Waals surface area contributed by atoms with E-state index in [2.05, 4.69) is 21.2 Å². The molecule has 98 valence electrons. The Balaban J connectivity index is 2.18. The van der Waals surface area contributed by atoms with Crippen LogP contribution in [0.15, 0.2) is 28.7 Å². The van der Waals surface area contributed by atoms with E-state index in [-0.39, 0.29) is 18.6 Å². The minimum absolute atomic E-state index is 0.0321. The average molecular weight is 313 g/mol. The molecule has 0 aromatic heterocycles. The molecule has 1 saturated heterocycles. The highest BCUT2D eigenvalue weighted by atomic mass is 79.9. The normalized spacial score (nSPS) is 20.2. The van der Waals surface area contributed by atoms with Crippen LogP contribution < -0.4 is 10.2 Å². The van der Waals surface area contributed by atoms with Gasteiger partial charge in [-0.1, -0.05) is 15.9 Å². The van der Waals surface area contributed by atoms with Crippen LogP contribution in [0.3, 0.4) is 0 Å². The van der Waals surface area contributed by atoms with Crippen LogP contribution in [-0.4, -0.2) is 38.8 Å². The molecule has 1 aliphatic rings. The number of ether oxygens (including phenoxy) is 1. The Bertz CT molecular complexity index is 408. The number of anilines is 1. The molecule has 0 spiro atoms. The molecule has 1 aromatic rings. The van der Waals surface area contributed by atoms with Crippen LogP contribution in [0.5, 0.6) is 0 Å². The Morgan fingerprint density at radius 2 is 2.17 bits per heavy atom. The Morgan fingerprint density at radius 3 is 2.83 bits per heavy atom. The zero-order valence-corrected chi connectivity index (χ0v) is 11.9. The second kappa shape index (κ2) is 6.31. The molecular weight excluding hydrogens is 296 g/mol. The fraction of sp³-hybridized carbons (Fsp3) is 0.462. The summed E-state index contributed by atoms with van der Waals surface area (Å²) in [6, 6.07) is 7.93. The largest absolute Gasteiger partial charge is 0.369 e. The van der Waals surface area contributed by atoms with Crippen molar-refractivity contribution in [1.82, 2.24) is 5.32 Å². The van der Waals surface area contributed by atoms with Gasteiger partial charge in [0, 0.05) is 10.2 Å². The number of morpholine rings is 1. The molecule has 1 heterocycles. The number of halogens is 1. The molecule has 5 heteroatoms. The molecule has 1 aromatic carbocycles. The van der Waals surface area contributed by atoms with Crippen molar-refractivity contribution in [3.8, 4) is 0 Å². The monoisotopic (exact) mass is 312 g/mol. The minimum atomic E-state index is 0.0321. The van der Waals surface area contributed by atoms with Crippen LogP contribution in [0.2, 0.25) is 0 Å². The summed E-state index contributed by atoms with van der Waals surface area (Å²) >= 11 is 3.40. The molecule has 0 aliphatic carbocycles. The summed E-state index contributed by atoms with van der Waals surface area (Å²) in [5, 5.41) is 3.11. The number of amides is 1. The lowest BCUT2D eigenvalue weighted by Crippen LogP contribution is -2.50. The first kappa shape index (κ1) is 13.5. The number of hydrogen-bond acceptors (Lipinski definition) is 3. The second-order valence-corrected chi connectivity index (χ2v) is 5.22. The van der Waals surface area contributed by atoms with Crippen LogP contribution in [-0.2, 0) is 9.53 Å². The quantitative estimate of drug-likeness (QED) is 0.921. The summed E-state index contributed by atoms with van der Waals surface area (Å²) in [6.07, 6.45) is 0.887. The van der Waals surface area contributed by atoms with E-state index in [4.69, 9.17) is 4.74 Å². The predicted molar refractivity (Wildman–Crippen MR) is 74.8 cm³/mol. The summed E-state index contributed by atoms with van der Waals surface area (Å²) in [7, 11) is 1.91. The lowest BCUT2D eigenvalue weighted by molar-refractivity contribution is -0.127. The van der Waals surface area contributed by atoms with Gasteiger partial charge in [-0.2, -0.15) is 0 Å². The van der Waals surface area contributed by atoms with Crippen LogP contribution in [0.25, 0.3) is 0 Å². The molecule has 1 amide bonds. The fourth-order valence-corrected chi connectivity index (χ4v) is 2.37. The number of carbonyl (C=O) groups excluding carboxylic acids is 1. The summed E-state index contributed by atoms with van der Waals surface area (Å²) in [6.45, 7) is 1.64. The molecule has 1 fully saturated rings. The Hall–Kier alpha value is -0.910. The highest BCUT2D eigenvalue weighted by Crippen LogP contribution is 2.24. The van der Waals surface area contributed by atoms with Crippen LogP contribution in [0.1, 0.15) is 6.42 Å². The number of rotatable bonds is 4. The van der Waals surface area contributed by atoms with Crippen molar-refractivity contribution in [3.05, 3.63) is 28.7 Å². The predicted octanol–water partition coefficient (Wildman–Crippen LogP) is 1.79. The SMILES string of the molecule is CNCCC1COCC(=O)N1c1ccc(Br)cc1. The van der Waals surface area contributed by atoms with Gasteiger partial charge in [0.2, 0.25) is 0 Å². The van der Waals surface area contributed by atoms with Crippen molar-refractivity contribution < 1.29 is 9.53 Å². The van der Waals surface area contributed by atoms with Gasteiger partial charge in [0.15, 0.2) is 0 Å². The number of nitrogens with zero attached hydrogens (tertiary/aromatic N) is 1. The molecule has 18 heavy (non-hydrogen) atoms. The van der Waals surface area contributed by atoms with E-state index in [9.17, 15) is 4.79 Å². The van der Waals surface area contributed by atoms with Gasteiger partial charge in [-0.25, -0.2) is 0 Å². The maximum atomic E-state index is 12.0. The number of nitrogens with one attached hydrogen (secondary N) is 1. The molecule has 4 nitrogen and oxygen atoms in total. The van der Waals surface area contributed by atoms with E-state index in [1.807, 2.05) is 36.2 Å². The molecule has 0 radical (unpaired) electrons. The van der Waals surface area contributed by atoms with Gasteiger partial charge in [0.25, 0.3) is 5.91 Å². The van der Waals surface area contributed by atoms with E-state index in [1.54, 1.807) is 0 Å². The standard InChI is InChI=1S/C13H17BrN2O2/c1-15-7-6-12-8-18-9-13(17)16(12)11-4-2-10(14)3-5-11/h2-5,12,15H,6-9H2,1H3. The average Bonchev–Trinajstić information content (AvgIpc) is 2.38. The van der Waals surface area contributed by atoms with E-state index >= 15 is 0 Å². The van der Waals surface area contributed by atoms with Crippen molar-refractivity contribution in [3.63, 3.8) is 0 Å². The summed E-state index contributed by atoms with van der Waals surface area (Å²) in [5.41, 5.74) is 0.938. The Kier molecular flexibility index (Phi) is 4.74. The Morgan fingerprint density at radius 1 is 1.44 bits per heavy atom. The highest BCUT2D eigenvalue weighted by molar-refractivity contribution is 9.10. The molecule has 0 saturated carbocycles. The van der Waals surface area contributed by atoms with E-state index in [0.29, 0.717) is 6.61 Å². The smallest absolute Gasteiger partial charge is 0.253 e. The lowest BCUT2D eigenvalue weighted by atomic mass is 10.1. The zero-order chi connectivity index (χ0) is 13.0. The second-order valence-electron chi connectivity index (χ2n) is 4.30. The van der Waals surface area contributed by atoms with Crippen molar-refractivity contribution in [1.29, 1.82) is 0 Å². The first-order valence-electron chi connectivity index (χ1n) is 6.02. The topological polar surface area (TPSA) is 41.6 Å². The summed E-state index contributed by atoms with van der Waals surface area (Å²) < 4.78 is 6.35. The third-order valence-electron chi connectivity index (χ3n) is 3.00. The maximum absolute atomic E-state index is 12.0. The first-order chi connectivity index (χ1) is 8.72. The Labute approximate surface area is 115 Å². The summed E-state index contributed by atoms with van der Waals surface area (Å²) in [5.74, 6) is 0.0321. The number of benzene rings is 1. The van der Waals surface area contributed by atoms with Gasteiger partial charge in [-0.05, 0) is 44.3 Å². The van der Waals surface area contributed by atoms with Crippen LogP contribution in [0.4, 0.5) is 5.69 Å². The van der Waals surface area contributed by atoms with E-state index in [1.165, 1.54) is 0 Å². The van der Waals surface area contributed by atoms with Crippen molar-refractivity contribution >= 4 is 27.5 Å². The highest BCUT2D eigenvalue weighted by Gasteiger charge is 2.29. The third-order valence-corrected chi connectivity index (χ3v) is 3.53. The molecule has 0 bridgehead atoms. The van der Waals surface area contributed by atoms with Crippen molar-refractivity contribution in [2.75, 3.05) is 31.7 Å². The van der Waals surface area contributed by atoms with Gasteiger partial charge in [0.05, 0.1) is 12.6 Å². The third kappa shape index (κ3) is 3.10. The van der Waals surface area contributed by atoms with Gasteiger partial charge >= 0.3 is 0 Å². The van der Waals surface area contributed by atoms with Gasteiger partial charge in [0.1, 0.15) is 6.61 Å². The molecular formula is C13H17BrN2O2. The zero-order valence-electron chi connectivity index (χ0n) is 10.4. The fourth-order valence-electron chi connectivity index (χ4n) is 2.11. The van der Waals surface area contributed by atoms with Gasteiger partial charge in [-0.15, -0.1) is 0 Å². The molecule has 1 unspecified atom stereocenters. The number of carbonyl (C=O) groups is 1. The molecule has 1 aliphatic heterocycles. The van der Waals surface area contributed by atoms with Crippen molar-refractivity contribution in [2.45, 2.75) is 12.5 Å². The molecule has 1 atom stereocenters. The maximum Gasteiger partial charge on any atom is 0.253 e. The van der Waals surface area contributed by atoms with Crippen molar-refractivity contribution in [2.24, 2.45) is 0 Å². The van der Waals surface area contributed by atoms with Gasteiger partial charge in [-0.3, -0.25) is 4.79 Å². The first-order valence-corrected chi connectivity index (χ1v) is 6.81. The lowest BCUT2D eigenvalue weighted by Gasteiger charge is -2.35. The minimum Gasteiger partial charge on any atom is -0.369 e. The summed E-state index contributed by atoms with van der Waals surface area (Å²) in [4.78, 5) is 13.9.